The zero-order chi connectivity index (χ0) is 23.1. The van der Waals surface area contributed by atoms with Gasteiger partial charge in [0.15, 0.2) is 0 Å². The molecule has 0 aromatic carbocycles. The van der Waals surface area contributed by atoms with E-state index in [0.29, 0.717) is 6.42 Å². The van der Waals surface area contributed by atoms with E-state index in [9.17, 15) is 27.4 Å². The van der Waals surface area contributed by atoms with Gasteiger partial charge in [-0.05, 0) is 32.1 Å². The van der Waals surface area contributed by atoms with Gasteiger partial charge < -0.3 is 9.39 Å². The number of carbonyl (C=O) groups excluding carboxylic acids is 3. The molecule has 1 fully saturated rings. The molecule has 1 unspecified atom stereocenters. The Balaban J connectivity index is 0.00000961. The molecule has 8 nitrogen and oxygen atoms in total. The number of imide groups is 1. The number of unbranched alkanes of at least 4 members (excludes halogenated alkanes) is 11. The summed E-state index contributed by atoms with van der Waals surface area (Å²) in [5.74, 6) is -3.08. The molecule has 10 heteroatoms. The van der Waals surface area contributed by atoms with Crippen molar-refractivity contribution in [3.8, 4) is 0 Å². The molecule has 1 aliphatic rings. The van der Waals surface area contributed by atoms with Crippen LogP contribution in [0.5, 0.6) is 0 Å². The van der Waals surface area contributed by atoms with Gasteiger partial charge >= 0.3 is 35.5 Å². The summed E-state index contributed by atoms with van der Waals surface area (Å²) in [5, 5.41) is -1.90. The Hall–Kier alpha value is -0.740. The molecule has 0 radical (unpaired) electrons. The first-order chi connectivity index (χ1) is 14.8. The molecule has 0 bridgehead atoms. The van der Waals surface area contributed by atoms with Crippen molar-refractivity contribution < 1.29 is 61.7 Å². The van der Waals surface area contributed by atoms with Crippen LogP contribution in [0.15, 0.2) is 12.2 Å². The van der Waals surface area contributed by atoms with Gasteiger partial charge in [0.2, 0.25) is 0 Å². The molecule has 1 heterocycles. The first-order valence-electron chi connectivity index (χ1n) is 11.4. The SMILES string of the molecule is CCCCCCCC/C=C\CCCCCCCC(=O)ON1C(=O)CC(S(=O)(=O)[O-])C1=O.[Na+]. The van der Waals surface area contributed by atoms with E-state index in [1.807, 2.05) is 0 Å². The van der Waals surface area contributed by atoms with Crippen molar-refractivity contribution in [2.75, 3.05) is 0 Å². The summed E-state index contributed by atoms with van der Waals surface area (Å²) >= 11 is 0. The van der Waals surface area contributed by atoms with Crippen molar-refractivity contribution in [2.45, 2.75) is 108 Å². The van der Waals surface area contributed by atoms with Crippen LogP contribution < -0.4 is 29.6 Å². The summed E-state index contributed by atoms with van der Waals surface area (Å²) in [6, 6.07) is 0. The van der Waals surface area contributed by atoms with Gasteiger partial charge in [-0.3, -0.25) is 9.59 Å². The Morgan fingerprint density at radius 2 is 1.47 bits per heavy atom. The van der Waals surface area contributed by atoms with Crippen LogP contribution in [0.4, 0.5) is 0 Å². The third kappa shape index (κ3) is 13.1. The molecule has 1 rings (SSSR count). The summed E-state index contributed by atoms with van der Waals surface area (Å²) in [5.41, 5.74) is 0. The van der Waals surface area contributed by atoms with Gasteiger partial charge in [0.25, 0.3) is 11.8 Å². The van der Waals surface area contributed by atoms with Crippen molar-refractivity contribution in [3.05, 3.63) is 12.2 Å². The van der Waals surface area contributed by atoms with Gasteiger partial charge in [0, 0.05) is 6.42 Å². The minimum Gasteiger partial charge on any atom is -0.747 e. The number of rotatable bonds is 17. The maximum absolute atomic E-state index is 11.8. The van der Waals surface area contributed by atoms with E-state index in [1.165, 1.54) is 38.5 Å². The first-order valence-corrected chi connectivity index (χ1v) is 12.9. The van der Waals surface area contributed by atoms with Crippen molar-refractivity contribution in [1.29, 1.82) is 0 Å². The van der Waals surface area contributed by atoms with E-state index in [4.69, 9.17) is 0 Å². The van der Waals surface area contributed by atoms with Crippen molar-refractivity contribution in [3.63, 3.8) is 0 Å². The van der Waals surface area contributed by atoms with Crippen LogP contribution in [0, 0.1) is 0 Å². The molecule has 0 saturated carbocycles. The molecule has 0 N–H and O–H groups in total. The molecule has 0 aromatic rings. The van der Waals surface area contributed by atoms with Gasteiger partial charge in [0.1, 0.15) is 15.4 Å². The van der Waals surface area contributed by atoms with Gasteiger partial charge in [-0.25, -0.2) is 13.2 Å². The van der Waals surface area contributed by atoms with Crippen LogP contribution in [0.25, 0.3) is 0 Å². The summed E-state index contributed by atoms with van der Waals surface area (Å²) in [6.07, 6.45) is 18.3. The third-order valence-electron chi connectivity index (χ3n) is 5.25. The van der Waals surface area contributed by atoms with Crippen molar-refractivity contribution >= 4 is 27.9 Å². The Bertz CT molecular complexity index is 709. The molecule has 0 aromatic heterocycles. The Labute approximate surface area is 214 Å². The number of amides is 2. The Morgan fingerprint density at radius 3 is 1.97 bits per heavy atom. The molecular formula is C22H36NNaO7S. The van der Waals surface area contributed by atoms with E-state index in [2.05, 4.69) is 23.9 Å². The molecule has 178 valence electrons. The molecule has 2 amide bonds. The average Bonchev–Trinajstić information content (AvgIpc) is 2.99. The molecular weight excluding hydrogens is 445 g/mol. The minimum atomic E-state index is -4.96. The van der Waals surface area contributed by atoms with Crippen LogP contribution in [-0.2, 0) is 29.3 Å². The summed E-state index contributed by atoms with van der Waals surface area (Å²) in [4.78, 5) is 39.8. The second kappa shape index (κ2) is 17.7. The third-order valence-corrected chi connectivity index (χ3v) is 6.31. The number of allylic oxidation sites excluding steroid dienone is 2. The number of hydroxylamine groups is 2. The summed E-state index contributed by atoms with van der Waals surface area (Å²) in [7, 11) is -4.96. The second-order valence-electron chi connectivity index (χ2n) is 8.01. The number of hydrogen-bond acceptors (Lipinski definition) is 7. The minimum absolute atomic E-state index is 0. The summed E-state index contributed by atoms with van der Waals surface area (Å²) in [6.45, 7) is 2.23. The molecule has 1 aliphatic heterocycles. The molecule has 0 aliphatic carbocycles. The first kappa shape index (κ1) is 31.3. The molecule has 32 heavy (non-hydrogen) atoms. The molecule has 0 spiro atoms. The molecule has 1 atom stereocenters. The Kier molecular flexibility index (Phi) is 17.3. The zero-order valence-corrected chi connectivity index (χ0v) is 22.4. The predicted molar refractivity (Wildman–Crippen MR) is 115 cm³/mol. The Morgan fingerprint density at radius 1 is 0.969 bits per heavy atom. The fourth-order valence-electron chi connectivity index (χ4n) is 3.39. The fraction of sp³-hybridized carbons (Fsp3) is 0.773. The van der Waals surface area contributed by atoms with Crippen LogP contribution in [-0.4, -0.2) is 41.1 Å². The van der Waals surface area contributed by atoms with Crippen molar-refractivity contribution in [1.82, 2.24) is 5.06 Å². The normalized spacial score (nSPS) is 16.6. The topological polar surface area (TPSA) is 121 Å². The fourth-order valence-corrected chi connectivity index (χ4v) is 4.08. The van der Waals surface area contributed by atoms with E-state index in [0.717, 1.165) is 38.5 Å². The van der Waals surface area contributed by atoms with E-state index < -0.39 is 39.6 Å². The average molecular weight is 482 g/mol. The van der Waals surface area contributed by atoms with Gasteiger partial charge in [0.05, 0.1) is 6.42 Å². The van der Waals surface area contributed by atoms with Crippen LogP contribution in [0.1, 0.15) is 103 Å². The second-order valence-corrected chi connectivity index (χ2v) is 9.56. The molecule has 1 saturated heterocycles. The number of nitrogens with zero attached hydrogens (tertiary/aromatic N) is 1. The maximum atomic E-state index is 11.8. The van der Waals surface area contributed by atoms with Gasteiger partial charge in [-0.1, -0.05) is 70.4 Å². The predicted octanol–water partition coefficient (Wildman–Crippen LogP) is 1.16. The van der Waals surface area contributed by atoms with Crippen molar-refractivity contribution in [2.24, 2.45) is 0 Å². The maximum Gasteiger partial charge on any atom is 1.00 e. The van der Waals surface area contributed by atoms with E-state index in [-0.39, 0.29) is 41.0 Å². The quantitative estimate of drug-likeness (QED) is 0.100. The number of hydrogen-bond donors (Lipinski definition) is 0. The number of carbonyl (C=O) groups is 3. The van der Waals surface area contributed by atoms with Gasteiger partial charge in [-0.2, -0.15) is 0 Å². The largest absolute Gasteiger partial charge is 1.00 e. The van der Waals surface area contributed by atoms with E-state index in [1.54, 1.807) is 0 Å². The zero-order valence-electron chi connectivity index (χ0n) is 19.6. The van der Waals surface area contributed by atoms with Crippen LogP contribution >= 0.6 is 0 Å². The smallest absolute Gasteiger partial charge is 0.747 e. The summed E-state index contributed by atoms with van der Waals surface area (Å²) < 4.78 is 32.8. The standard InChI is InChI=1S/C22H37NO7S.Na/c1-2-3-4-5-6-7-8-9-10-11-12-13-14-15-16-17-21(25)30-23-20(24)18-19(22(23)26)31(27,28)29;/h9-10,19H,2-8,11-18H2,1H3,(H,27,28,29);/q;+1/p-1/b10-9-;. The van der Waals surface area contributed by atoms with Crippen LogP contribution in [0.2, 0.25) is 0 Å². The van der Waals surface area contributed by atoms with Crippen LogP contribution in [0.3, 0.4) is 0 Å². The monoisotopic (exact) mass is 481 g/mol. The van der Waals surface area contributed by atoms with Gasteiger partial charge in [-0.15, -0.1) is 5.06 Å². The van der Waals surface area contributed by atoms with E-state index >= 15 is 0 Å².